The van der Waals surface area contributed by atoms with E-state index in [-0.39, 0.29) is 17.9 Å². The standard InChI is InChI=1S/C14H27N3O2/c1-5-17(6-2)14(19)11(4)16-13(18)12-9-10(3)7-8-15-12/h10-12,15H,5-9H2,1-4H3,(H,16,18). The van der Waals surface area contributed by atoms with Crippen LogP contribution in [0.5, 0.6) is 0 Å². The summed E-state index contributed by atoms with van der Waals surface area (Å²) in [6.07, 6.45) is 1.95. The van der Waals surface area contributed by atoms with E-state index in [1.54, 1.807) is 11.8 Å². The first-order chi connectivity index (χ1) is 8.99. The number of nitrogens with zero attached hydrogens (tertiary/aromatic N) is 1. The van der Waals surface area contributed by atoms with Crippen LogP contribution in [0.25, 0.3) is 0 Å². The van der Waals surface area contributed by atoms with Crippen LogP contribution in [0.1, 0.15) is 40.5 Å². The first-order valence-electron chi connectivity index (χ1n) is 7.32. The van der Waals surface area contributed by atoms with E-state index in [9.17, 15) is 9.59 Å². The fourth-order valence-corrected chi connectivity index (χ4v) is 2.49. The van der Waals surface area contributed by atoms with E-state index < -0.39 is 6.04 Å². The maximum Gasteiger partial charge on any atom is 0.244 e. The van der Waals surface area contributed by atoms with E-state index in [1.165, 1.54) is 0 Å². The van der Waals surface area contributed by atoms with Gasteiger partial charge in [0, 0.05) is 13.1 Å². The highest BCUT2D eigenvalue weighted by atomic mass is 16.2. The fraction of sp³-hybridized carbons (Fsp3) is 0.857. The van der Waals surface area contributed by atoms with E-state index in [0.29, 0.717) is 19.0 Å². The first-order valence-corrected chi connectivity index (χ1v) is 7.32. The molecule has 5 nitrogen and oxygen atoms in total. The molecule has 1 heterocycles. The summed E-state index contributed by atoms with van der Waals surface area (Å²) in [5, 5.41) is 6.04. The third-order valence-electron chi connectivity index (χ3n) is 3.79. The Hall–Kier alpha value is -1.10. The zero-order valence-electron chi connectivity index (χ0n) is 12.5. The predicted octanol–water partition coefficient (Wildman–Crippen LogP) is 0.748. The Morgan fingerprint density at radius 1 is 1.37 bits per heavy atom. The fourth-order valence-electron chi connectivity index (χ4n) is 2.49. The van der Waals surface area contributed by atoms with Gasteiger partial charge in [-0.25, -0.2) is 0 Å². The lowest BCUT2D eigenvalue weighted by Gasteiger charge is -2.29. The number of piperidine rings is 1. The number of likely N-dealkylation sites (N-methyl/N-ethyl adjacent to an activating group) is 1. The number of amides is 2. The minimum Gasteiger partial charge on any atom is -0.343 e. The van der Waals surface area contributed by atoms with Crippen molar-refractivity contribution in [2.75, 3.05) is 19.6 Å². The Balaban J connectivity index is 2.49. The van der Waals surface area contributed by atoms with Crippen LogP contribution in [-0.2, 0) is 9.59 Å². The molecule has 0 aliphatic carbocycles. The molecule has 0 saturated carbocycles. The molecule has 1 aliphatic rings. The highest BCUT2D eigenvalue weighted by molar-refractivity contribution is 5.89. The second-order valence-electron chi connectivity index (χ2n) is 5.38. The Morgan fingerprint density at radius 3 is 2.53 bits per heavy atom. The van der Waals surface area contributed by atoms with Crippen LogP contribution in [0.3, 0.4) is 0 Å². The van der Waals surface area contributed by atoms with Gasteiger partial charge in [-0.15, -0.1) is 0 Å². The smallest absolute Gasteiger partial charge is 0.244 e. The number of carbonyl (C=O) groups is 2. The second-order valence-corrected chi connectivity index (χ2v) is 5.38. The summed E-state index contributed by atoms with van der Waals surface area (Å²) >= 11 is 0. The van der Waals surface area contributed by atoms with Crippen LogP contribution in [-0.4, -0.2) is 48.4 Å². The molecule has 1 fully saturated rings. The molecule has 110 valence electrons. The molecule has 0 bridgehead atoms. The molecule has 2 amide bonds. The Morgan fingerprint density at radius 2 is 2.00 bits per heavy atom. The molecule has 0 spiro atoms. The Bertz CT molecular complexity index is 316. The second kappa shape index (κ2) is 7.48. The number of carbonyl (C=O) groups excluding carboxylic acids is 2. The SMILES string of the molecule is CCN(CC)C(=O)C(C)NC(=O)C1CC(C)CCN1. The molecule has 2 N–H and O–H groups in total. The molecule has 0 radical (unpaired) electrons. The largest absolute Gasteiger partial charge is 0.343 e. The highest BCUT2D eigenvalue weighted by Crippen LogP contribution is 2.15. The quantitative estimate of drug-likeness (QED) is 0.774. The number of hydrogen-bond acceptors (Lipinski definition) is 3. The third kappa shape index (κ3) is 4.49. The minimum absolute atomic E-state index is 0.0118. The molecule has 1 saturated heterocycles. The van der Waals surface area contributed by atoms with Gasteiger partial charge in [-0.2, -0.15) is 0 Å². The summed E-state index contributed by atoms with van der Waals surface area (Å²) in [4.78, 5) is 25.9. The molecule has 0 aromatic rings. The average Bonchev–Trinajstić information content (AvgIpc) is 2.39. The summed E-state index contributed by atoms with van der Waals surface area (Å²) in [6, 6.07) is -0.609. The van der Waals surface area contributed by atoms with Crippen LogP contribution in [0.4, 0.5) is 0 Å². The lowest BCUT2D eigenvalue weighted by molar-refractivity contribution is -0.136. The van der Waals surface area contributed by atoms with Gasteiger partial charge in [0.1, 0.15) is 6.04 Å². The van der Waals surface area contributed by atoms with Gasteiger partial charge >= 0.3 is 0 Å². The Kier molecular flexibility index (Phi) is 6.28. The molecule has 19 heavy (non-hydrogen) atoms. The normalized spacial score (nSPS) is 24.6. The molecule has 0 aromatic heterocycles. The molecule has 1 rings (SSSR count). The third-order valence-corrected chi connectivity index (χ3v) is 3.79. The van der Waals surface area contributed by atoms with Crippen molar-refractivity contribution < 1.29 is 9.59 Å². The van der Waals surface area contributed by atoms with Crippen molar-refractivity contribution >= 4 is 11.8 Å². The summed E-state index contributed by atoms with van der Waals surface area (Å²) in [5.74, 6) is 0.493. The molecular formula is C14H27N3O2. The van der Waals surface area contributed by atoms with Crippen molar-refractivity contribution in [1.29, 1.82) is 0 Å². The minimum atomic E-state index is -0.452. The molecule has 3 atom stereocenters. The van der Waals surface area contributed by atoms with E-state index in [0.717, 1.165) is 19.4 Å². The summed E-state index contributed by atoms with van der Waals surface area (Å²) in [6.45, 7) is 10.0. The predicted molar refractivity (Wildman–Crippen MR) is 75.7 cm³/mol. The van der Waals surface area contributed by atoms with Crippen LogP contribution in [0, 0.1) is 5.92 Å². The van der Waals surface area contributed by atoms with Crippen molar-refractivity contribution in [2.24, 2.45) is 5.92 Å². The number of hydrogen-bond donors (Lipinski definition) is 2. The van der Waals surface area contributed by atoms with Crippen LogP contribution in [0.15, 0.2) is 0 Å². The lowest BCUT2D eigenvalue weighted by Crippen LogP contribution is -2.54. The van der Waals surface area contributed by atoms with Gasteiger partial charge < -0.3 is 15.5 Å². The van der Waals surface area contributed by atoms with Gasteiger partial charge in [0.25, 0.3) is 0 Å². The highest BCUT2D eigenvalue weighted by Gasteiger charge is 2.27. The summed E-state index contributed by atoms with van der Waals surface area (Å²) < 4.78 is 0. The van der Waals surface area contributed by atoms with E-state index in [1.807, 2.05) is 13.8 Å². The first kappa shape index (κ1) is 16.0. The van der Waals surface area contributed by atoms with E-state index in [2.05, 4.69) is 17.6 Å². The van der Waals surface area contributed by atoms with Gasteiger partial charge in [0.15, 0.2) is 0 Å². The number of rotatable bonds is 5. The molecule has 5 heteroatoms. The molecule has 0 aromatic carbocycles. The summed E-state index contributed by atoms with van der Waals surface area (Å²) in [5.41, 5.74) is 0. The van der Waals surface area contributed by atoms with Gasteiger partial charge in [-0.3, -0.25) is 9.59 Å². The van der Waals surface area contributed by atoms with Gasteiger partial charge in [0.2, 0.25) is 11.8 Å². The van der Waals surface area contributed by atoms with Crippen molar-refractivity contribution in [3.63, 3.8) is 0 Å². The number of nitrogens with one attached hydrogen (secondary N) is 2. The van der Waals surface area contributed by atoms with Crippen LogP contribution >= 0.6 is 0 Å². The van der Waals surface area contributed by atoms with Crippen molar-refractivity contribution in [3.05, 3.63) is 0 Å². The van der Waals surface area contributed by atoms with Crippen LogP contribution < -0.4 is 10.6 Å². The molecular weight excluding hydrogens is 242 g/mol. The van der Waals surface area contributed by atoms with Gasteiger partial charge in [0.05, 0.1) is 6.04 Å². The van der Waals surface area contributed by atoms with Crippen molar-refractivity contribution in [1.82, 2.24) is 15.5 Å². The molecule has 1 aliphatic heterocycles. The van der Waals surface area contributed by atoms with E-state index in [4.69, 9.17) is 0 Å². The topological polar surface area (TPSA) is 61.4 Å². The van der Waals surface area contributed by atoms with Gasteiger partial charge in [-0.1, -0.05) is 6.92 Å². The lowest BCUT2D eigenvalue weighted by atomic mass is 9.94. The van der Waals surface area contributed by atoms with E-state index >= 15 is 0 Å². The summed E-state index contributed by atoms with van der Waals surface area (Å²) in [7, 11) is 0. The van der Waals surface area contributed by atoms with Gasteiger partial charge in [-0.05, 0) is 46.1 Å². The molecule has 3 unspecified atom stereocenters. The van der Waals surface area contributed by atoms with Crippen molar-refractivity contribution in [3.8, 4) is 0 Å². The maximum absolute atomic E-state index is 12.1. The monoisotopic (exact) mass is 269 g/mol. The Labute approximate surface area is 116 Å². The van der Waals surface area contributed by atoms with Crippen molar-refractivity contribution in [2.45, 2.75) is 52.6 Å². The maximum atomic E-state index is 12.1. The average molecular weight is 269 g/mol. The van der Waals surface area contributed by atoms with Crippen LogP contribution in [0.2, 0.25) is 0 Å². The zero-order chi connectivity index (χ0) is 14.4. The zero-order valence-corrected chi connectivity index (χ0v) is 12.5.